The largest absolute Gasteiger partial charge is 0.481 e. The highest BCUT2D eigenvalue weighted by Crippen LogP contribution is 2.36. The number of carbonyl (C=O) groups is 2. The van der Waals surface area contributed by atoms with E-state index in [4.69, 9.17) is 16.7 Å². The molecule has 0 saturated heterocycles. The van der Waals surface area contributed by atoms with Crippen LogP contribution in [0.5, 0.6) is 0 Å². The average Bonchev–Trinajstić information content (AvgIpc) is 2.32. The van der Waals surface area contributed by atoms with E-state index in [9.17, 15) is 9.59 Å². The van der Waals surface area contributed by atoms with Crippen molar-refractivity contribution in [1.29, 1.82) is 0 Å². The van der Waals surface area contributed by atoms with Gasteiger partial charge < -0.3 is 5.11 Å². The summed E-state index contributed by atoms with van der Waals surface area (Å²) in [4.78, 5) is 23.3. The molecule has 0 fully saturated rings. The third-order valence-corrected chi connectivity index (χ3v) is 4.03. The minimum atomic E-state index is -0.925. The first kappa shape index (κ1) is 13.1. The first-order valence-corrected chi connectivity index (χ1v) is 6.34. The van der Waals surface area contributed by atoms with E-state index >= 15 is 0 Å². The van der Waals surface area contributed by atoms with Crippen molar-refractivity contribution in [2.24, 2.45) is 11.8 Å². The van der Waals surface area contributed by atoms with Crippen LogP contribution < -0.4 is 0 Å². The molecule has 18 heavy (non-hydrogen) atoms. The fraction of sp³-hybridized carbons (Fsp3) is 0.429. The summed E-state index contributed by atoms with van der Waals surface area (Å²) >= 11 is 5.95. The van der Waals surface area contributed by atoms with Gasteiger partial charge >= 0.3 is 5.97 Å². The van der Waals surface area contributed by atoms with E-state index in [2.05, 4.69) is 0 Å². The van der Waals surface area contributed by atoms with Gasteiger partial charge in [-0.05, 0) is 29.7 Å². The molecule has 1 aromatic carbocycles. The molecule has 1 aromatic rings. The van der Waals surface area contributed by atoms with Gasteiger partial charge in [0.15, 0.2) is 0 Å². The number of rotatable bonds is 2. The number of Topliss-reactive ketones (excluding diaryl/α,β-unsaturated/α-hetero) is 1. The molecule has 96 valence electrons. The molecule has 1 aliphatic rings. The summed E-state index contributed by atoms with van der Waals surface area (Å²) in [5.74, 6) is -2.28. The lowest BCUT2D eigenvalue weighted by atomic mass is 9.72. The van der Waals surface area contributed by atoms with Gasteiger partial charge in [0.2, 0.25) is 0 Å². The van der Waals surface area contributed by atoms with Gasteiger partial charge in [0.25, 0.3) is 0 Å². The van der Waals surface area contributed by atoms with Gasteiger partial charge in [-0.3, -0.25) is 9.59 Å². The van der Waals surface area contributed by atoms with Crippen LogP contribution in [0.3, 0.4) is 0 Å². The van der Waals surface area contributed by atoms with Crippen molar-refractivity contribution in [1.82, 2.24) is 0 Å². The first-order chi connectivity index (χ1) is 8.41. The van der Waals surface area contributed by atoms with Crippen LogP contribution in [0.1, 0.15) is 30.9 Å². The van der Waals surface area contributed by atoms with Crippen LogP contribution in [0.25, 0.3) is 0 Å². The number of carboxylic acids is 1. The Morgan fingerprint density at radius 3 is 2.78 bits per heavy atom. The molecule has 1 aliphatic carbocycles. The molecule has 4 heteroatoms. The first-order valence-electron chi connectivity index (χ1n) is 5.96. The van der Waals surface area contributed by atoms with Crippen LogP contribution in [-0.2, 0) is 16.0 Å². The van der Waals surface area contributed by atoms with Crippen molar-refractivity contribution in [2.75, 3.05) is 0 Å². The van der Waals surface area contributed by atoms with Crippen LogP contribution in [0.15, 0.2) is 18.2 Å². The molecule has 3 unspecified atom stereocenters. The zero-order valence-electron chi connectivity index (χ0n) is 10.3. The van der Waals surface area contributed by atoms with Gasteiger partial charge in [-0.1, -0.05) is 31.5 Å². The molecule has 3 atom stereocenters. The number of carboxylic acid groups (broad SMARTS) is 1. The van der Waals surface area contributed by atoms with Gasteiger partial charge in [0, 0.05) is 16.9 Å². The highest BCUT2D eigenvalue weighted by atomic mass is 35.5. The fourth-order valence-electron chi connectivity index (χ4n) is 2.58. The maximum Gasteiger partial charge on any atom is 0.306 e. The standard InChI is InChI=1S/C14H15ClO3/c1-7-11-4-3-10(15)5-9(11)6-12(13(7)16)8(2)14(17)18/h3-5,7-8,12H,6H2,1-2H3,(H,17,18). The topological polar surface area (TPSA) is 54.4 Å². The maximum absolute atomic E-state index is 12.2. The molecule has 0 amide bonds. The highest BCUT2D eigenvalue weighted by Gasteiger charge is 2.38. The number of hydrogen-bond donors (Lipinski definition) is 1. The Labute approximate surface area is 111 Å². The van der Waals surface area contributed by atoms with E-state index in [1.54, 1.807) is 13.0 Å². The summed E-state index contributed by atoms with van der Waals surface area (Å²) in [5.41, 5.74) is 1.96. The predicted octanol–water partition coefficient (Wildman–Crippen LogP) is 2.91. The lowest BCUT2D eigenvalue weighted by molar-refractivity contribution is -0.146. The van der Waals surface area contributed by atoms with Crippen molar-refractivity contribution in [3.63, 3.8) is 0 Å². The summed E-state index contributed by atoms with van der Waals surface area (Å²) in [6.07, 6.45) is 0.465. The second-order valence-corrected chi connectivity index (χ2v) is 5.34. The molecular formula is C14H15ClO3. The number of fused-ring (bicyclic) bond motifs is 1. The molecule has 0 saturated carbocycles. The van der Waals surface area contributed by atoms with E-state index in [0.717, 1.165) is 11.1 Å². The van der Waals surface area contributed by atoms with Gasteiger partial charge in [-0.2, -0.15) is 0 Å². The van der Waals surface area contributed by atoms with Gasteiger partial charge in [0.05, 0.1) is 5.92 Å². The Hall–Kier alpha value is -1.35. The molecule has 0 bridgehead atoms. The number of benzene rings is 1. The van der Waals surface area contributed by atoms with Crippen LogP contribution >= 0.6 is 11.6 Å². The lowest BCUT2D eigenvalue weighted by Crippen LogP contribution is -2.36. The van der Waals surface area contributed by atoms with Crippen LogP contribution in [-0.4, -0.2) is 16.9 Å². The Balaban J connectivity index is 2.41. The van der Waals surface area contributed by atoms with E-state index in [1.165, 1.54) is 0 Å². The maximum atomic E-state index is 12.2. The van der Waals surface area contributed by atoms with Gasteiger partial charge in [0.1, 0.15) is 5.78 Å². The summed E-state index contributed by atoms with van der Waals surface area (Å²) in [6.45, 7) is 3.42. The number of ketones is 1. The molecule has 1 N–H and O–H groups in total. The normalized spacial score (nSPS) is 24.5. The van der Waals surface area contributed by atoms with Crippen LogP contribution in [0.4, 0.5) is 0 Å². The van der Waals surface area contributed by atoms with E-state index in [1.807, 2.05) is 19.1 Å². The molecule has 2 rings (SSSR count). The summed E-state index contributed by atoms with van der Waals surface area (Å²) in [6, 6.07) is 5.47. The van der Waals surface area contributed by atoms with E-state index in [0.29, 0.717) is 11.4 Å². The zero-order valence-corrected chi connectivity index (χ0v) is 11.1. The Bertz CT molecular complexity index is 510. The van der Waals surface area contributed by atoms with Crippen LogP contribution in [0.2, 0.25) is 5.02 Å². The predicted molar refractivity (Wildman–Crippen MR) is 68.9 cm³/mol. The van der Waals surface area contributed by atoms with Crippen molar-refractivity contribution in [2.45, 2.75) is 26.2 Å². The zero-order chi connectivity index (χ0) is 13.4. The summed E-state index contributed by atoms with van der Waals surface area (Å²) < 4.78 is 0. The van der Waals surface area contributed by atoms with Crippen molar-refractivity contribution >= 4 is 23.4 Å². The SMILES string of the molecule is CC1C(=O)C(C(C)C(=O)O)Cc2cc(Cl)ccc21. The number of hydrogen-bond acceptors (Lipinski definition) is 2. The second kappa shape index (κ2) is 4.73. The van der Waals surface area contributed by atoms with Crippen molar-refractivity contribution in [3.8, 4) is 0 Å². The number of aliphatic carboxylic acids is 1. The van der Waals surface area contributed by atoms with Crippen molar-refractivity contribution < 1.29 is 14.7 Å². The quantitative estimate of drug-likeness (QED) is 0.895. The van der Waals surface area contributed by atoms with Crippen molar-refractivity contribution in [3.05, 3.63) is 34.3 Å². The van der Waals surface area contributed by atoms with Gasteiger partial charge in [-0.15, -0.1) is 0 Å². The molecule has 0 aliphatic heterocycles. The minimum Gasteiger partial charge on any atom is -0.481 e. The fourth-order valence-corrected chi connectivity index (χ4v) is 2.78. The molecule has 0 radical (unpaired) electrons. The lowest BCUT2D eigenvalue weighted by Gasteiger charge is -2.30. The molecular weight excluding hydrogens is 252 g/mol. The Morgan fingerprint density at radius 2 is 2.17 bits per heavy atom. The smallest absolute Gasteiger partial charge is 0.306 e. The van der Waals surface area contributed by atoms with E-state index in [-0.39, 0.29) is 11.7 Å². The number of halogens is 1. The highest BCUT2D eigenvalue weighted by molar-refractivity contribution is 6.30. The minimum absolute atomic E-state index is 0.0136. The van der Waals surface area contributed by atoms with Crippen LogP contribution in [0, 0.1) is 11.8 Å². The number of carbonyl (C=O) groups excluding carboxylic acids is 1. The average molecular weight is 267 g/mol. The molecule has 3 nitrogen and oxygen atoms in total. The second-order valence-electron chi connectivity index (χ2n) is 4.90. The Morgan fingerprint density at radius 1 is 1.50 bits per heavy atom. The molecule has 0 heterocycles. The Kier molecular flexibility index (Phi) is 3.44. The summed E-state index contributed by atoms with van der Waals surface area (Å²) in [7, 11) is 0. The molecule has 0 aromatic heterocycles. The third-order valence-electron chi connectivity index (χ3n) is 3.80. The van der Waals surface area contributed by atoms with Gasteiger partial charge in [-0.25, -0.2) is 0 Å². The molecule has 0 spiro atoms. The third kappa shape index (κ3) is 2.15. The monoisotopic (exact) mass is 266 g/mol. The van der Waals surface area contributed by atoms with E-state index < -0.39 is 17.8 Å². The summed E-state index contributed by atoms with van der Waals surface area (Å²) in [5, 5.41) is 9.68.